The number of hydrogen-bond donors (Lipinski definition) is 1. The maximum absolute atomic E-state index is 13.4. The Labute approximate surface area is 87.0 Å². The van der Waals surface area contributed by atoms with Crippen LogP contribution >= 0.6 is 0 Å². The molecule has 2 N–H and O–H groups in total. The smallest absolute Gasteiger partial charge is 0.136 e. The SMILES string of the molecule is C/C=C/Cn1ncc2c(F)cc(N)cc21. The van der Waals surface area contributed by atoms with Crippen molar-refractivity contribution >= 4 is 16.6 Å². The van der Waals surface area contributed by atoms with Gasteiger partial charge in [-0.3, -0.25) is 4.68 Å². The molecule has 0 unspecified atom stereocenters. The van der Waals surface area contributed by atoms with E-state index in [0.717, 1.165) is 5.52 Å². The minimum absolute atomic E-state index is 0.322. The molecule has 0 aliphatic carbocycles. The third kappa shape index (κ3) is 1.70. The third-order valence-corrected chi connectivity index (χ3v) is 2.25. The van der Waals surface area contributed by atoms with Crippen molar-refractivity contribution in [2.45, 2.75) is 13.5 Å². The standard InChI is InChI=1S/C11H12FN3/c1-2-3-4-15-11-6-8(13)5-10(12)9(11)7-14-15/h2-3,5-7H,4,13H2,1H3/b3-2+. The Kier molecular flexibility index (Phi) is 2.41. The number of rotatable bonds is 2. The predicted octanol–water partition coefficient (Wildman–Crippen LogP) is 2.33. The van der Waals surface area contributed by atoms with Crippen molar-refractivity contribution in [3.63, 3.8) is 0 Å². The van der Waals surface area contributed by atoms with E-state index < -0.39 is 0 Å². The van der Waals surface area contributed by atoms with Crippen LogP contribution < -0.4 is 5.73 Å². The van der Waals surface area contributed by atoms with E-state index in [9.17, 15) is 4.39 Å². The van der Waals surface area contributed by atoms with Gasteiger partial charge in [0.25, 0.3) is 0 Å². The topological polar surface area (TPSA) is 43.8 Å². The van der Waals surface area contributed by atoms with Gasteiger partial charge < -0.3 is 5.73 Å². The van der Waals surface area contributed by atoms with Crippen molar-refractivity contribution in [1.29, 1.82) is 0 Å². The molecule has 0 saturated heterocycles. The maximum Gasteiger partial charge on any atom is 0.136 e. The number of fused-ring (bicyclic) bond motifs is 1. The largest absolute Gasteiger partial charge is 0.399 e. The van der Waals surface area contributed by atoms with Gasteiger partial charge in [-0.15, -0.1) is 0 Å². The Hall–Kier alpha value is -1.84. The number of allylic oxidation sites excluding steroid dienone is 2. The quantitative estimate of drug-likeness (QED) is 0.604. The highest BCUT2D eigenvalue weighted by Gasteiger charge is 2.07. The minimum atomic E-state index is -0.322. The van der Waals surface area contributed by atoms with E-state index in [4.69, 9.17) is 5.73 Å². The van der Waals surface area contributed by atoms with Gasteiger partial charge in [0.05, 0.1) is 23.6 Å². The van der Waals surface area contributed by atoms with Crippen LogP contribution in [0.2, 0.25) is 0 Å². The molecule has 1 aromatic heterocycles. The zero-order valence-electron chi connectivity index (χ0n) is 8.44. The highest BCUT2D eigenvalue weighted by Crippen LogP contribution is 2.20. The average Bonchev–Trinajstić information content (AvgIpc) is 2.58. The summed E-state index contributed by atoms with van der Waals surface area (Å²) in [4.78, 5) is 0. The van der Waals surface area contributed by atoms with Crippen molar-refractivity contribution in [2.75, 3.05) is 5.73 Å². The molecule has 0 bridgehead atoms. The summed E-state index contributed by atoms with van der Waals surface area (Å²) in [7, 11) is 0. The van der Waals surface area contributed by atoms with Crippen molar-refractivity contribution in [3.05, 3.63) is 36.3 Å². The molecular formula is C11H12FN3. The summed E-state index contributed by atoms with van der Waals surface area (Å²) < 4.78 is 15.1. The number of aromatic nitrogens is 2. The first kappa shape index (κ1) is 9.71. The summed E-state index contributed by atoms with van der Waals surface area (Å²) in [5.41, 5.74) is 6.73. The van der Waals surface area contributed by atoms with E-state index >= 15 is 0 Å². The zero-order chi connectivity index (χ0) is 10.8. The first-order chi connectivity index (χ1) is 7.22. The molecule has 2 aromatic rings. The Balaban J connectivity index is 2.58. The molecule has 1 heterocycles. The van der Waals surface area contributed by atoms with Gasteiger partial charge in [-0.05, 0) is 19.1 Å². The van der Waals surface area contributed by atoms with Gasteiger partial charge in [0, 0.05) is 5.69 Å². The Morgan fingerprint density at radius 3 is 3.07 bits per heavy atom. The van der Waals surface area contributed by atoms with Crippen molar-refractivity contribution in [3.8, 4) is 0 Å². The number of nitrogens with two attached hydrogens (primary N) is 1. The normalized spacial score (nSPS) is 11.6. The molecule has 78 valence electrons. The van der Waals surface area contributed by atoms with E-state index in [1.807, 2.05) is 19.1 Å². The fourth-order valence-corrected chi connectivity index (χ4v) is 1.51. The van der Waals surface area contributed by atoms with Crippen LogP contribution in [-0.2, 0) is 6.54 Å². The first-order valence-corrected chi connectivity index (χ1v) is 4.74. The van der Waals surface area contributed by atoms with Crippen LogP contribution in [0.15, 0.2) is 30.5 Å². The third-order valence-electron chi connectivity index (χ3n) is 2.25. The molecule has 2 rings (SSSR count). The molecule has 0 radical (unpaired) electrons. The van der Waals surface area contributed by atoms with Crippen molar-refractivity contribution in [1.82, 2.24) is 9.78 Å². The second-order valence-electron chi connectivity index (χ2n) is 3.33. The Bertz CT molecular complexity index is 514. The molecule has 3 nitrogen and oxygen atoms in total. The Morgan fingerprint density at radius 2 is 2.33 bits per heavy atom. The van der Waals surface area contributed by atoms with E-state index in [1.165, 1.54) is 12.3 Å². The molecule has 4 heteroatoms. The molecule has 1 aromatic carbocycles. The van der Waals surface area contributed by atoms with Gasteiger partial charge in [0.1, 0.15) is 5.82 Å². The van der Waals surface area contributed by atoms with Crippen LogP contribution in [0.1, 0.15) is 6.92 Å². The van der Waals surface area contributed by atoms with Crippen LogP contribution in [0.25, 0.3) is 10.9 Å². The van der Waals surface area contributed by atoms with E-state index in [-0.39, 0.29) is 5.82 Å². The fraction of sp³-hybridized carbons (Fsp3) is 0.182. The predicted molar refractivity (Wildman–Crippen MR) is 58.9 cm³/mol. The number of benzene rings is 1. The van der Waals surface area contributed by atoms with Gasteiger partial charge in [0.15, 0.2) is 0 Å². The molecular weight excluding hydrogens is 193 g/mol. The molecule has 0 aliphatic rings. The molecule has 0 saturated carbocycles. The molecule has 15 heavy (non-hydrogen) atoms. The number of nitrogen functional groups attached to an aromatic ring is 1. The first-order valence-electron chi connectivity index (χ1n) is 4.74. The number of hydrogen-bond acceptors (Lipinski definition) is 2. The highest BCUT2D eigenvalue weighted by molar-refractivity contribution is 5.82. The molecule has 0 amide bonds. The van der Waals surface area contributed by atoms with Crippen molar-refractivity contribution in [2.24, 2.45) is 0 Å². The van der Waals surface area contributed by atoms with Crippen molar-refractivity contribution < 1.29 is 4.39 Å². The van der Waals surface area contributed by atoms with Crippen LogP contribution in [0.3, 0.4) is 0 Å². The molecule has 0 spiro atoms. The maximum atomic E-state index is 13.4. The summed E-state index contributed by atoms with van der Waals surface area (Å²) >= 11 is 0. The van der Waals surface area contributed by atoms with Crippen LogP contribution in [-0.4, -0.2) is 9.78 Å². The lowest BCUT2D eigenvalue weighted by Gasteiger charge is -2.00. The van der Waals surface area contributed by atoms with Gasteiger partial charge in [-0.25, -0.2) is 4.39 Å². The summed E-state index contributed by atoms with van der Waals surface area (Å²) in [5.74, 6) is -0.322. The average molecular weight is 205 g/mol. The van der Waals surface area contributed by atoms with E-state index in [0.29, 0.717) is 17.6 Å². The zero-order valence-corrected chi connectivity index (χ0v) is 8.44. The fourth-order valence-electron chi connectivity index (χ4n) is 1.51. The number of halogens is 1. The lowest BCUT2D eigenvalue weighted by Crippen LogP contribution is -1.97. The minimum Gasteiger partial charge on any atom is -0.399 e. The Morgan fingerprint density at radius 1 is 1.53 bits per heavy atom. The second-order valence-corrected chi connectivity index (χ2v) is 3.33. The second kappa shape index (κ2) is 3.73. The summed E-state index contributed by atoms with van der Waals surface area (Å²) in [6, 6.07) is 3.04. The summed E-state index contributed by atoms with van der Waals surface area (Å²) in [6.07, 6.45) is 5.40. The summed E-state index contributed by atoms with van der Waals surface area (Å²) in [6.45, 7) is 2.56. The van der Waals surface area contributed by atoms with E-state index in [2.05, 4.69) is 5.10 Å². The number of nitrogens with zero attached hydrogens (tertiary/aromatic N) is 2. The van der Waals surface area contributed by atoms with Gasteiger partial charge >= 0.3 is 0 Å². The van der Waals surface area contributed by atoms with E-state index in [1.54, 1.807) is 10.7 Å². The van der Waals surface area contributed by atoms with Gasteiger partial charge in [-0.2, -0.15) is 5.10 Å². The van der Waals surface area contributed by atoms with Crippen LogP contribution in [0, 0.1) is 5.82 Å². The van der Waals surface area contributed by atoms with Crippen LogP contribution in [0.5, 0.6) is 0 Å². The molecule has 0 aliphatic heterocycles. The highest BCUT2D eigenvalue weighted by atomic mass is 19.1. The monoisotopic (exact) mass is 205 g/mol. The lowest BCUT2D eigenvalue weighted by atomic mass is 10.2. The molecule has 0 fully saturated rings. The van der Waals surface area contributed by atoms with Gasteiger partial charge in [0.2, 0.25) is 0 Å². The lowest BCUT2D eigenvalue weighted by molar-refractivity contribution is 0.640. The molecule has 0 atom stereocenters. The number of anilines is 1. The van der Waals surface area contributed by atoms with Crippen LogP contribution in [0.4, 0.5) is 10.1 Å². The van der Waals surface area contributed by atoms with Gasteiger partial charge in [-0.1, -0.05) is 12.2 Å². The summed E-state index contributed by atoms with van der Waals surface area (Å²) in [5, 5.41) is 4.61.